The number of aryl methyl sites for hydroxylation is 1. The lowest BCUT2D eigenvalue weighted by Crippen LogP contribution is -2.40. The molecule has 42 heavy (non-hydrogen) atoms. The monoisotopic (exact) mass is 565 g/mol. The number of rotatable bonds is 9. The van der Waals surface area contributed by atoms with Crippen LogP contribution in [0.15, 0.2) is 78.9 Å². The van der Waals surface area contributed by atoms with Crippen LogP contribution >= 0.6 is 0 Å². The second-order valence-corrected chi connectivity index (χ2v) is 11.9. The maximum Gasteiger partial charge on any atom is 0.339 e. The Bertz CT molecular complexity index is 1550. The molecule has 0 fully saturated rings. The van der Waals surface area contributed by atoms with Gasteiger partial charge in [0, 0.05) is 32.5 Å². The van der Waals surface area contributed by atoms with Gasteiger partial charge in [-0.15, -0.1) is 0 Å². The van der Waals surface area contributed by atoms with Crippen molar-refractivity contribution in [3.63, 3.8) is 0 Å². The van der Waals surface area contributed by atoms with E-state index in [0.29, 0.717) is 25.2 Å². The second-order valence-electron chi connectivity index (χ2n) is 11.9. The molecule has 0 spiro atoms. The molecule has 218 valence electrons. The van der Waals surface area contributed by atoms with Gasteiger partial charge in [0.15, 0.2) is 6.04 Å². The Kier molecular flexibility index (Phi) is 8.59. The normalized spacial score (nSPS) is 15.3. The highest BCUT2D eigenvalue weighted by molar-refractivity contribution is 5.97. The van der Waals surface area contributed by atoms with Gasteiger partial charge in [-0.1, -0.05) is 79.7 Å². The van der Waals surface area contributed by atoms with Crippen molar-refractivity contribution in [2.45, 2.75) is 71.7 Å². The van der Waals surface area contributed by atoms with E-state index >= 15 is 0 Å². The number of carboxylic acid groups (broad SMARTS) is 1. The zero-order valence-corrected chi connectivity index (χ0v) is 24.8. The lowest BCUT2D eigenvalue weighted by Gasteiger charge is -2.33. The Hall–Kier alpha value is -4.23. The topological polar surface area (TPSA) is 84.7 Å². The molecule has 0 aliphatic carbocycles. The molecule has 1 atom stereocenters. The number of imidazole rings is 1. The minimum atomic E-state index is -0.856. The number of carbonyl (C=O) groups is 2. The number of hydrogen-bond donors (Lipinski definition) is 1. The van der Waals surface area contributed by atoms with Crippen LogP contribution in [-0.2, 0) is 35.5 Å². The van der Waals surface area contributed by atoms with Crippen molar-refractivity contribution in [1.29, 1.82) is 0 Å². The molecule has 0 radical (unpaired) electrons. The van der Waals surface area contributed by atoms with Gasteiger partial charge in [0.05, 0.1) is 17.0 Å². The highest BCUT2D eigenvalue weighted by Gasteiger charge is 2.37. The van der Waals surface area contributed by atoms with Gasteiger partial charge < -0.3 is 14.4 Å². The predicted molar refractivity (Wildman–Crippen MR) is 163 cm³/mol. The summed E-state index contributed by atoms with van der Waals surface area (Å²) in [6.45, 7) is 9.43. The van der Waals surface area contributed by atoms with Gasteiger partial charge in [-0.2, -0.15) is 0 Å². The number of aromatic nitrogens is 2. The lowest BCUT2D eigenvalue weighted by atomic mass is 9.98. The summed E-state index contributed by atoms with van der Waals surface area (Å²) in [6.07, 6.45) is 2.41. The fourth-order valence-electron chi connectivity index (χ4n) is 5.68. The zero-order chi connectivity index (χ0) is 29.9. The maximum atomic E-state index is 12.9. The van der Waals surface area contributed by atoms with E-state index in [-0.39, 0.29) is 5.97 Å². The molecular formula is C35H39N3O4. The number of esters is 1. The van der Waals surface area contributed by atoms with Crippen molar-refractivity contribution in [3.8, 4) is 11.1 Å². The van der Waals surface area contributed by atoms with Gasteiger partial charge in [-0.3, -0.25) is 9.69 Å². The average Bonchev–Trinajstić information content (AvgIpc) is 3.29. The van der Waals surface area contributed by atoms with E-state index in [1.54, 1.807) is 6.07 Å². The fourth-order valence-corrected chi connectivity index (χ4v) is 5.68. The quantitative estimate of drug-likeness (QED) is 0.228. The average molecular weight is 566 g/mol. The maximum absolute atomic E-state index is 12.9. The molecule has 1 aliphatic rings. The van der Waals surface area contributed by atoms with E-state index in [4.69, 9.17) is 9.72 Å². The van der Waals surface area contributed by atoms with E-state index < -0.39 is 17.6 Å². The van der Waals surface area contributed by atoms with Crippen LogP contribution in [0.25, 0.3) is 11.1 Å². The molecule has 0 saturated heterocycles. The summed E-state index contributed by atoms with van der Waals surface area (Å²) in [5.41, 5.74) is 5.47. The van der Waals surface area contributed by atoms with E-state index in [1.165, 1.54) is 0 Å². The first-order chi connectivity index (χ1) is 20.1. The molecule has 0 saturated carbocycles. The fraction of sp³-hybridized carbons (Fsp3) is 0.343. The first kappa shape index (κ1) is 29.3. The first-order valence-electron chi connectivity index (χ1n) is 14.6. The molecule has 1 unspecified atom stereocenters. The number of nitrogens with zero attached hydrogens (tertiary/aromatic N) is 3. The van der Waals surface area contributed by atoms with Gasteiger partial charge in [0.1, 0.15) is 11.4 Å². The van der Waals surface area contributed by atoms with Crippen molar-refractivity contribution in [2.24, 2.45) is 0 Å². The molecule has 5 rings (SSSR count). The smallest absolute Gasteiger partial charge is 0.339 e. The summed E-state index contributed by atoms with van der Waals surface area (Å²) in [6, 6.07) is 24.8. The molecule has 1 aromatic heterocycles. The van der Waals surface area contributed by atoms with Crippen molar-refractivity contribution in [1.82, 2.24) is 14.5 Å². The zero-order valence-electron chi connectivity index (χ0n) is 24.8. The Morgan fingerprint density at radius 1 is 0.929 bits per heavy atom. The summed E-state index contributed by atoms with van der Waals surface area (Å²) in [5.74, 6) is -0.281. The summed E-state index contributed by atoms with van der Waals surface area (Å²) in [5, 5.41) is 10.4. The first-order valence-corrected chi connectivity index (χ1v) is 14.6. The van der Waals surface area contributed by atoms with Gasteiger partial charge in [-0.05, 0) is 55.5 Å². The highest BCUT2D eigenvalue weighted by Crippen LogP contribution is 2.34. The van der Waals surface area contributed by atoms with Crippen LogP contribution in [-0.4, -0.2) is 43.6 Å². The van der Waals surface area contributed by atoms with Gasteiger partial charge >= 0.3 is 11.9 Å². The summed E-state index contributed by atoms with van der Waals surface area (Å²) < 4.78 is 7.77. The van der Waals surface area contributed by atoms with E-state index in [0.717, 1.165) is 58.7 Å². The third kappa shape index (κ3) is 6.47. The van der Waals surface area contributed by atoms with Crippen LogP contribution < -0.4 is 0 Å². The number of carbonyl (C=O) groups excluding carboxylic acids is 1. The minimum Gasteiger partial charge on any atom is -0.480 e. The van der Waals surface area contributed by atoms with Crippen LogP contribution in [0.3, 0.4) is 0 Å². The third-order valence-electron chi connectivity index (χ3n) is 7.51. The minimum absolute atomic E-state index is 0.351. The standard InChI is InChI=1S/C35H39N3O4/c1-5-11-30-36-29-20-21-37(22-24-12-7-6-8-13-24)32(33(39)40)31(29)38(30)23-25-16-18-26(19-17-25)27-14-9-10-15-28(27)34(41)42-35(2,3)4/h6-10,12-19,32H,5,11,20-23H2,1-4H3,(H,39,40). The molecule has 1 aliphatic heterocycles. The second kappa shape index (κ2) is 12.3. The Morgan fingerprint density at radius 2 is 1.60 bits per heavy atom. The largest absolute Gasteiger partial charge is 0.480 e. The van der Waals surface area contributed by atoms with Crippen LogP contribution in [0.1, 0.15) is 78.9 Å². The molecule has 1 N–H and O–H groups in total. The van der Waals surface area contributed by atoms with E-state index in [2.05, 4.69) is 11.5 Å². The van der Waals surface area contributed by atoms with E-state index in [9.17, 15) is 14.7 Å². The van der Waals surface area contributed by atoms with Gasteiger partial charge in [-0.25, -0.2) is 9.78 Å². The summed E-state index contributed by atoms with van der Waals surface area (Å²) in [4.78, 5) is 32.7. The number of fused-ring (bicyclic) bond motifs is 1. The molecule has 3 aromatic carbocycles. The lowest BCUT2D eigenvalue weighted by molar-refractivity contribution is -0.144. The third-order valence-corrected chi connectivity index (χ3v) is 7.51. The number of hydrogen-bond acceptors (Lipinski definition) is 5. The molecule has 2 heterocycles. The summed E-state index contributed by atoms with van der Waals surface area (Å²) in [7, 11) is 0. The number of ether oxygens (including phenoxy) is 1. The van der Waals surface area contributed by atoms with Crippen molar-refractivity contribution >= 4 is 11.9 Å². The Morgan fingerprint density at radius 3 is 2.26 bits per heavy atom. The van der Waals surface area contributed by atoms with E-state index in [1.807, 2.05) is 98.5 Å². The van der Waals surface area contributed by atoms with Crippen molar-refractivity contribution in [2.75, 3.05) is 6.54 Å². The number of carboxylic acids is 1. The van der Waals surface area contributed by atoms with Crippen LogP contribution in [0.2, 0.25) is 0 Å². The SMILES string of the molecule is CCCc1nc2c(n1Cc1ccc(-c3ccccc3C(=O)OC(C)(C)C)cc1)C(C(=O)O)N(Cc1ccccc1)CC2. The summed E-state index contributed by atoms with van der Waals surface area (Å²) >= 11 is 0. The van der Waals surface area contributed by atoms with Crippen molar-refractivity contribution in [3.05, 3.63) is 113 Å². The van der Waals surface area contributed by atoms with Gasteiger partial charge in [0.25, 0.3) is 0 Å². The molecule has 7 nitrogen and oxygen atoms in total. The Balaban J connectivity index is 1.46. The van der Waals surface area contributed by atoms with Crippen LogP contribution in [0.4, 0.5) is 0 Å². The highest BCUT2D eigenvalue weighted by atomic mass is 16.6. The number of aliphatic carboxylic acids is 1. The molecule has 7 heteroatoms. The van der Waals surface area contributed by atoms with Crippen LogP contribution in [0.5, 0.6) is 0 Å². The van der Waals surface area contributed by atoms with Crippen LogP contribution in [0, 0.1) is 0 Å². The Labute approximate surface area is 247 Å². The molecule has 0 bridgehead atoms. The van der Waals surface area contributed by atoms with Gasteiger partial charge in [0.2, 0.25) is 0 Å². The molecule has 4 aromatic rings. The van der Waals surface area contributed by atoms with Crippen molar-refractivity contribution < 1.29 is 19.4 Å². The number of benzene rings is 3. The molecule has 0 amide bonds. The predicted octanol–water partition coefficient (Wildman–Crippen LogP) is 6.69. The molecular weight excluding hydrogens is 526 g/mol.